The van der Waals surface area contributed by atoms with E-state index >= 15 is 0 Å². The summed E-state index contributed by atoms with van der Waals surface area (Å²) in [5.74, 6) is -1.11. The van der Waals surface area contributed by atoms with Crippen LogP contribution in [0, 0.1) is 11.6 Å². The van der Waals surface area contributed by atoms with Gasteiger partial charge in [-0.2, -0.15) is 0 Å². The van der Waals surface area contributed by atoms with Crippen LogP contribution in [0.1, 0.15) is 47.9 Å². The summed E-state index contributed by atoms with van der Waals surface area (Å²) >= 11 is 0. The zero-order valence-corrected chi connectivity index (χ0v) is 13.5. The number of fused-ring (bicyclic) bond motifs is 1. The van der Waals surface area contributed by atoms with Gasteiger partial charge in [0.1, 0.15) is 0 Å². The molecular formula is C21H22F2. The molecule has 0 N–H and O–H groups in total. The van der Waals surface area contributed by atoms with Crippen molar-refractivity contribution in [1.82, 2.24) is 0 Å². The molecule has 120 valence electrons. The van der Waals surface area contributed by atoms with Gasteiger partial charge in [-0.1, -0.05) is 42.5 Å². The highest BCUT2D eigenvalue weighted by atomic mass is 19.2. The lowest BCUT2D eigenvalue weighted by Gasteiger charge is -2.25. The molecule has 3 rings (SSSR count). The average molecular weight is 312 g/mol. The van der Waals surface area contributed by atoms with Crippen molar-refractivity contribution in [3.8, 4) is 0 Å². The molecule has 1 aliphatic carbocycles. The van der Waals surface area contributed by atoms with Gasteiger partial charge in [0.2, 0.25) is 0 Å². The first kappa shape index (κ1) is 15.9. The standard InChI is InChI=1S/C21H22F2/c1-2-3-4-5-15-6-8-16(9-7-15)18-11-10-17-12-13-20(22)21(23)19(17)14-18/h2-3,6-9,12-13,18H,4-5,10-11,14H2,1H3/b3-2+. The van der Waals surface area contributed by atoms with Gasteiger partial charge in [0, 0.05) is 0 Å². The van der Waals surface area contributed by atoms with Crippen LogP contribution in [0.4, 0.5) is 8.78 Å². The van der Waals surface area contributed by atoms with Gasteiger partial charge in [-0.3, -0.25) is 0 Å². The molecule has 0 radical (unpaired) electrons. The first-order valence-corrected chi connectivity index (χ1v) is 8.34. The summed E-state index contributed by atoms with van der Waals surface area (Å²) in [7, 11) is 0. The third-order valence-corrected chi connectivity index (χ3v) is 4.79. The van der Waals surface area contributed by atoms with Crippen LogP contribution in [-0.2, 0) is 19.3 Å². The first-order valence-electron chi connectivity index (χ1n) is 8.34. The van der Waals surface area contributed by atoms with Gasteiger partial charge in [0.05, 0.1) is 0 Å². The Morgan fingerprint density at radius 3 is 2.61 bits per heavy atom. The molecule has 1 unspecified atom stereocenters. The molecule has 2 heteroatoms. The molecule has 0 saturated heterocycles. The number of hydrogen-bond donors (Lipinski definition) is 0. The smallest absolute Gasteiger partial charge is 0.162 e. The fourth-order valence-electron chi connectivity index (χ4n) is 3.42. The first-order chi connectivity index (χ1) is 11.2. The van der Waals surface area contributed by atoms with Crippen molar-refractivity contribution < 1.29 is 8.78 Å². The maximum Gasteiger partial charge on any atom is 0.162 e. The lowest BCUT2D eigenvalue weighted by molar-refractivity contribution is 0.476. The molecule has 0 fully saturated rings. The van der Waals surface area contributed by atoms with Gasteiger partial charge in [-0.15, -0.1) is 0 Å². The molecule has 2 aromatic carbocycles. The van der Waals surface area contributed by atoms with Crippen molar-refractivity contribution in [3.05, 3.63) is 82.4 Å². The number of halogens is 2. The molecule has 0 spiro atoms. The minimum absolute atomic E-state index is 0.281. The van der Waals surface area contributed by atoms with Gasteiger partial charge in [-0.05, 0) is 73.3 Å². The average Bonchev–Trinajstić information content (AvgIpc) is 2.59. The maximum absolute atomic E-state index is 14.0. The lowest BCUT2D eigenvalue weighted by atomic mass is 9.79. The number of benzene rings is 2. The van der Waals surface area contributed by atoms with Crippen LogP contribution in [0.15, 0.2) is 48.6 Å². The van der Waals surface area contributed by atoms with E-state index in [1.54, 1.807) is 6.07 Å². The van der Waals surface area contributed by atoms with Crippen LogP contribution in [0.3, 0.4) is 0 Å². The van der Waals surface area contributed by atoms with Crippen molar-refractivity contribution >= 4 is 0 Å². The predicted octanol–water partition coefficient (Wildman–Crippen LogP) is 5.75. The largest absolute Gasteiger partial charge is 0.204 e. The summed E-state index contributed by atoms with van der Waals surface area (Å²) in [5.41, 5.74) is 4.08. The second-order valence-electron chi connectivity index (χ2n) is 6.29. The monoisotopic (exact) mass is 312 g/mol. The zero-order valence-electron chi connectivity index (χ0n) is 13.5. The molecule has 0 aliphatic heterocycles. The Morgan fingerprint density at radius 2 is 1.87 bits per heavy atom. The Kier molecular flexibility index (Phi) is 4.90. The zero-order chi connectivity index (χ0) is 16.2. The second-order valence-corrected chi connectivity index (χ2v) is 6.29. The van der Waals surface area contributed by atoms with Gasteiger partial charge < -0.3 is 0 Å². The Labute approximate surface area is 136 Å². The highest BCUT2D eigenvalue weighted by Gasteiger charge is 2.24. The van der Waals surface area contributed by atoms with Gasteiger partial charge in [0.15, 0.2) is 11.6 Å². The molecule has 2 aromatic rings. The summed E-state index contributed by atoms with van der Waals surface area (Å²) in [6, 6.07) is 11.6. The fraction of sp³-hybridized carbons (Fsp3) is 0.333. The Morgan fingerprint density at radius 1 is 1.09 bits per heavy atom. The predicted molar refractivity (Wildman–Crippen MR) is 90.7 cm³/mol. The third kappa shape index (κ3) is 3.52. The normalized spacial score (nSPS) is 17.4. The lowest BCUT2D eigenvalue weighted by Crippen LogP contribution is -2.15. The quantitative estimate of drug-likeness (QED) is 0.631. The molecule has 1 aliphatic rings. The van der Waals surface area contributed by atoms with E-state index in [4.69, 9.17) is 0 Å². The van der Waals surface area contributed by atoms with Gasteiger partial charge >= 0.3 is 0 Å². The van der Waals surface area contributed by atoms with E-state index in [2.05, 4.69) is 36.4 Å². The van der Waals surface area contributed by atoms with Crippen molar-refractivity contribution in [3.63, 3.8) is 0 Å². The molecule has 0 nitrogen and oxygen atoms in total. The van der Waals surface area contributed by atoms with E-state index in [9.17, 15) is 8.78 Å². The van der Waals surface area contributed by atoms with E-state index in [-0.39, 0.29) is 5.92 Å². The SMILES string of the molecule is C/C=C/CCc1ccc(C2CCc3ccc(F)c(F)c3C2)cc1. The van der Waals surface area contributed by atoms with Crippen LogP contribution in [0.25, 0.3) is 0 Å². The van der Waals surface area contributed by atoms with E-state index in [1.165, 1.54) is 17.2 Å². The highest BCUT2D eigenvalue weighted by Crippen LogP contribution is 2.34. The topological polar surface area (TPSA) is 0 Å². The summed E-state index contributed by atoms with van der Waals surface area (Å²) in [6.45, 7) is 2.03. The molecule has 23 heavy (non-hydrogen) atoms. The van der Waals surface area contributed by atoms with Crippen LogP contribution >= 0.6 is 0 Å². The summed E-state index contributed by atoms with van der Waals surface area (Å²) in [4.78, 5) is 0. The number of hydrogen-bond acceptors (Lipinski definition) is 0. The van der Waals surface area contributed by atoms with Crippen molar-refractivity contribution in [2.24, 2.45) is 0 Å². The third-order valence-electron chi connectivity index (χ3n) is 4.79. The number of rotatable bonds is 4. The Bertz CT molecular complexity index is 699. The molecule has 0 saturated carbocycles. The van der Waals surface area contributed by atoms with Crippen LogP contribution in [-0.4, -0.2) is 0 Å². The Hall–Kier alpha value is -1.96. The van der Waals surface area contributed by atoms with Crippen LogP contribution in [0.5, 0.6) is 0 Å². The summed E-state index contributed by atoms with van der Waals surface area (Å²) in [5, 5.41) is 0. The van der Waals surface area contributed by atoms with Gasteiger partial charge in [-0.25, -0.2) is 8.78 Å². The number of allylic oxidation sites excluding steroid dienone is 2. The highest BCUT2D eigenvalue weighted by molar-refractivity contribution is 5.36. The summed E-state index contributed by atoms with van der Waals surface area (Å²) < 4.78 is 27.5. The molecule has 0 heterocycles. The molecule has 0 aromatic heterocycles. The maximum atomic E-state index is 14.0. The second kappa shape index (κ2) is 7.08. The minimum atomic E-state index is -0.733. The minimum Gasteiger partial charge on any atom is -0.204 e. The number of aryl methyl sites for hydroxylation is 2. The van der Waals surface area contributed by atoms with E-state index in [0.29, 0.717) is 12.0 Å². The van der Waals surface area contributed by atoms with E-state index in [0.717, 1.165) is 31.2 Å². The molecular weight excluding hydrogens is 290 g/mol. The summed E-state index contributed by atoms with van der Waals surface area (Å²) in [6.07, 6.45) is 8.74. The molecule has 0 amide bonds. The van der Waals surface area contributed by atoms with E-state index in [1.807, 2.05) is 6.92 Å². The van der Waals surface area contributed by atoms with Crippen molar-refractivity contribution in [2.45, 2.75) is 44.9 Å². The van der Waals surface area contributed by atoms with E-state index < -0.39 is 11.6 Å². The Balaban J connectivity index is 1.74. The molecule has 0 bridgehead atoms. The van der Waals surface area contributed by atoms with Crippen LogP contribution < -0.4 is 0 Å². The molecule has 1 atom stereocenters. The van der Waals surface area contributed by atoms with Crippen molar-refractivity contribution in [2.75, 3.05) is 0 Å². The van der Waals surface area contributed by atoms with Crippen LogP contribution in [0.2, 0.25) is 0 Å². The van der Waals surface area contributed by atoms with Gasteiger partial charge in [0.25, 0.3) is 0 Å². The fourth-order valence-corrected chi connectivity index (χ4v) is 3.42. The van der Waals surface area contributed by atoms with Crippen molar-refractivity contribution in [1.29, 1.82) is 0 Å².